The Morgan fingerprint density at radius 3 is 2.61 bits per heavy atom. The van der Waals surface area contributed by atoms with Crippen molar-refractivity contribution in [3.8, 4) is 0 Å². The summed E-state index contributed by atoms with van der Waals surface area (Å²) >= 11 is 0. The number of amides is 2. The summed E-state index contributed by atoms with van der Waals surface area (Å²) in [5.74, 6) is -1.09. The van der Waals surface area contributed by atoms with Crippen LogP contribution in [-0.2, 0) is 9.53 Å². The summed E-state index contributed by atoms with van der Waals surface area (Å²) in [6, 6.07) is 8.91. The second-order valence-electron chi connectivity index (χ2n) is 4.25. The molecule has 0 saturated carbocycles. The summed E-state index contributed by atoms with van der Waals surface area (Å²) in [6.45, 7) is 2.08. The summed E-state index contributed by atoms with van der Waals surface area (Å²) in [7, 11) is 0. The van der Waals surface area contributed by atoms with Crippen LogP contribution in [0.2, 0.25) is 0 Å². The molecule has 0 aromatic heterocycles. The lowest BCUT2D eigenvalue weighted by Crippen LogP contribution is -2.38. The zero-order valence-electron chi connectivity index (χ0n) is 10.1. The van der Waals surface area contributed by atoms with Gasteiger partial charge in [-0.2, -0.15) is 0 Å². The number of aliphatic hydroxyl groups excluding tert-OH is 1. The molecule has 1 aromatic rings. The van der Waals surface area contributed by atoms with Gasteiger partial charge in [-0.05, 0) is 5.56 Å². The van der Waals surface area contributed by atoms with E-state index >= 15 is 0 Å². The highest BCUT2D eigenvalue weighted by Crippen LogP contribution is 2.24. The first kappa shape index (κ1) is 12.6. The lowest BCUT2D eigenvalue weighted by molar-refractivity contribution is -0.135. The number of hydrogen-bond acceptors (Lipinski definition) is 4. The Balaban J connectivity index is 2.09. The van der Waals surface area contributed by atoms with Crippen molar-refractivity contribution in [2.24, 2.45) is 5.92 Å². The molecular formula is C13H15NO4. The van der Waals surface area contributed by atoms with Crippen molar-refractivity contribution in [2.75, 3.05) is 13.2 Å². The lowest BCUT2D eigenvalue weighted by atomic mass is 9.96. The Kier molecular flexibility index (Phi) is 3.62. The van der Waals surface area contributed by atoms with Gasteiger partial charge in [0.25, 0.3) is 0 Å². The van der Waals surface area contributed by atoms with E-state index in [1.54, 1.807) is 31.2 Å². The maximum atomic E-state index is 12.0. The summed E-state index contributed by atoms with van der Waals surface area (Å²) in [5.41, 5.74) is 0.658. The molecule has 5 nitrogen and oxygen atoms in total. The molecule has 1 saturated heterocycles. The molecule has 1 fully saturated rings. The zero-order valence-corrected chi connectivity index (χ0v) is 10.1. The lowest BCUT2D eigenvalue weighted by Gasteiger charge is -2.21. The average Bonchev–Trinajstić information content (AvgIpc) is 2.83. The van der Waals surface area contributed by atoms with E-state index in [9.17, 15) is 14.7 Å². The average molecular weight is 249 g/mol. The van der Waals surface area contributed by atoms with E-state index in [0.717, 1.165) is 4.90 Å². The third-order valence-corrected chi connectivity index (χ3v) is 3.03. The van der Waals surface area contributed by atoms with E-state index in [1.165, 1.54) is 0 Å². The fourth-order valence-electron chi connectivity index (χ4n) is 1.91. The number of carbonyl (C=O) groups excluding carboxylic acids is 2. The first-order valence-electron chi connectivity index (χ1n) is 5.82. The van der Waals surface area contributed by atoms with Crippen LogP contribution < -0.4 is 0 Å². The van der Waals surface area contributed by atoms with Gasteiger partial charge in [0.05, 0.1) is 18.6 Å². The van der Waals surface area contributed by atoms with E-state index < -0.39 is 24.0 Å². The van der Waals surface area contributed by atoms with E-state index in [-0.39, 0.29) is 13.2 Å². The summed E-state index contributed by atoms with van der Waals surface area (Å²) < 4.78 is 4.71. The highest BCUT2D eigenvalue weighted by atomic mass is 16.6. The SMILES string of the molecule is CC(C(=O)N1CCOC1=O)C(O)c1ccccc1. The molecular weight excluding hydrogens is 234 g/mol. The van der Waals surface area contributed by atoms with Crippen LogP contribution in [0.15, 0.2) is 30.3 Å². The van der Waals surface area contributed by atoms with Crippen molar-refractivity contribution < 1.29 is 19.4 Å². The van der Waals surface area contributed by atoms with Crippen LogP contribution in [0.4, 0.5) is 4.79 Å². The molecule has 1 aliphatic rings. The molecule has 1 heterocycles. The molecule has 18 heavy (non-hydrogen) atoms. The smallest absolute Gasteiger partial charge is 0.416 e. The summed E-state index contributed by atoms with van der Waals surface area (Å²) in [5, 5.41) is 10.1. The van der Waals surface area contributed by atoms with Crippen molar-refractivity contribution in [3.63, 3.8) is 0 Å². The highest BCUT2D eigenvalue weighted by molar-refractivity contribution is 5.94. The van der Waals surface area contributed by atoms with Crippen molar-refractivity contribution in [3.05, 3.63) is 35.9 Å². The van der Waals surface area contributed by atoms with Gasteiger partial charge in [-0.15, -0.1) is 0 Å². The van der Waals surface area contributed by atoms with Gasteiger partial charge in [-0.1, -0.05) is 37.3 Å². The van der Waals surface area contributed by atoms with Crippen LogP contribution in [0.3, 0.4) is 0 Å². The Bertz CT molecular complexity index is 446. The first-order chi connectivity index (χ1) is 8.61. The van der Waals surface area contributed by atoms with Crippen LogP contribution in [0.5, 0.6) is 0 Å². The Morgan fingerprint density at radius 2 is 2.06 bits per heavy atom. The number of nitrogens with zero attached hydrogens (tertiary/aromatic N) is 1. The minimum Gasteiger partial charge on any atom is -0.447 e. The maximum Gasteiger partial charge on any atom is 0.416 e. The van der Waals surface area contributed by atoms with Gasteiger partial charge >= 0.3 is 6.09 Å². The van der Waals surface area contributed by atoms with Gasteiger partial charge < -0.3 is 9.84 Å². The van der Waals surface area contributed by atoms with Crippen molar-refractivity contribution in [1.29, 1.82) is 0 Å². The van der Waals surface area contributed by atoms with E-state index in [4.69, 9.17) is 4.74 Å². The van der Waals surface area contributed by atoms with Crippen LogP contribution in [0.1, 0.15) is 18.6 Å². The fourth-order valence-corrected chi connectivity index (χ4v) is 1.91. The van der Waals surface area contributed by atoms with Crippen molar-refractivity contribution in [2.45, 2.75) is 13.0 Å². The molecule has 2 amide bonds. The van der Waals surface area contributed by atoms with Crippen LogP contribution >= 0.6 is 0 Å². The monoisotopic (exact) mass is 249 g/mol. The standard InChI is InChI=1S/C13H15NO4/c1-9(11(15)10-5-3-2-4-6-10)12(16)14-7-8-18-13(14)17/h2-6,9,11,15H,7-8H2,1H3. The predicted octanol–water partition coefficient (Wildman–Crippen LogP) is 1.33. The minimum absolute atomic E-state index is 0.221. The normalized spacial score (nSPS) is 18.3. The number of hydrogen-bond donors (Lipinski definition) is 1. The number of cyclic esters (lactones) is 1. The number of ether oxygens (including phenoxy) is 1. The largest absolute Gasteiger partial charge is 0.447 e. The van der Waals surface area contributed by atoms with E-state index in [0.29, 0.717) is 5.56 Å². The molecule has 1 aliphatic heterocycles. The number of carbonyl (C=O) groups is 2. The van der Waals surface area contributed by atoms with E-state index in [1.807, 2.05) is 6.07 Å². The van der Waals surface area contributed by atoms with Crippen LogP contribution in [0.25, 0.3) is 0 Å². The van der Waals surface area contributed by atoms with Crippen molar-refractivity contribution >= 4 is 12.0 Å². The maximum absolute atomic E-state index is 12.0. The van der Waals surface area contributed by atoms with Gasteiger partial charge in [0, 0.05) is 0 Å². The third kappa shape index (κ3) is 2.36. The second-order valence-corrected chi connectivity index (χ2v) is 4.25. The fraction of sp³-hybridized carbons (Fsp3) is 0.385. The molecule has 2 rings (SSSR count). The molecule has 0 aliphatic carbocycles. The molecule has 0 radical (unpaired) electrons. The second kappa shape index (κ2) is 5.18. The number of rotatable bonds is 3. The van der Waals surface area contributed by atoms with Crippen LogP contribution in [-0.4, -0.2) is 35.2 Å². The molecule has 5 heteroatoms. The predicted molar refractivity (Wildman–Crippen MR) is 63.6 cm³/mol. The molecule has 1 N–H and O–H groups in total. The van der Waals surface area contributed by atoms with Gasteiger partial charge in [-0.25, -0.2) is 9.69 Å². The molecule has 96 valence electrons. The zero-order chi connectivity index (χ0) is 13.1. The summed E-state index contributed by atoms with van der Waals surface area (Å²) in [4.78, 5) is 24.4. The molecule has 1 aromatic carbocycles. The first-order valence-corrected chi connectivity index (χ1v) is 5.82. The summed E-state index contributed by atoms with van der Waals surface area (Å²) in [6.07, 6.45) is -1.56. The molecule has 2 atom stereocenters. The number of aliphatic hydroxyl groups is 1. The number of imide groups is 1. The van der Waals surface area contributed by atoms with E-state index in [2.05, 4.69) is 0 Å². The topological polar surface area (TPSA) is 66.8 Å². The van der Waals surface area contributed by atoms with Gasteiger partial charge in [0.1, 0.15) is 6.61 Å². The molecule has 0 bridgehead atoms. The minimum atomic E-state index is -0.924. The third-order valence-electron chi connectivity index (χ3n) is 3.03. The molecule has 0 spiro atoms. The Hall–Kier alpha value is -1.88. The number of benzene rings is 1. The van der Waals surface area contributed by atoms with Gasteiger partial charge in [-0.3, -0.25) is 4.79 Å². The Morgan fingerprint density at radius 1 is 1.39 bits per heavy atom. The molecule has 2 unspecified atom stereocenters. The van der Waals surface area contributed by atoms with Gasteiger partial charge in [0.15, 0.2) is 0 Å². The quantitative estimate of drug-likeness (QED) is 0.877. The van der Waals surface area contributed by atoms with Crippen molar-refractivity contribution in [1.82, 2.24) is 4.90 Å². The Labute approximate surface area is 105 Å². The van der Waals surface area contributed by atoms with Crippen LogP contribution in [0, 0.1) is 5.92 Å². The van der Waals surface area contributed by atoms with Gasteiger partial charge in [0.2, 0.25) is 5.91 Å². The highest BCUT2D eigenvalue weighted by Gasteiger charge is 2.34.